The molecule has 0 aliphatic rings. The highest BCUT2D eigenvalue weighted by atomic mass is 35.5. The molecule has 0 amide bonds. The minimum absolute atomic E-state index is 0.253. The number of ether oxygens (including phenoxy) is 1. The van der Waals surface area contributed by atoms with Crippen LogP contribution >= 0.6 is 22.9 Å². The SMILES string of the molecule is O=C(O)[C@@H](Cc1ccccc1)Oc1ccc(-c2ccc(-c3c(Cc4ccccc4)sc4ccccc34)cc2)cc1-c1ccc(Cl)cc1. The van der Waals surface area contributed by atoms with Crippen molar-refractivity contribution in [3.8, 4) is 39.1 Å². The number of hydrogen-bond donors (Lipinski definition) is 1. The Hall–Kier alpha value is -5.16. The molecule has 1 N–H and O–H groups in total. The largest absolute Gasteiger partial charge is 0.478 e. The second-order valence-corrected chi connectivity index (χ2v) is 13.1. The molecule has 0 saturated heterocycles. The maximum absolute atomic E-state index is 12.3. The van der Waals surface area contributed by atoms with Crippen LogP contribution in [0.1, 0.15) is 16.0 Å². The number of halogens is 1. The Balaban J connectivity index is 1.24. The van der Waals surface area contributed by atoms with Gasteiger partial charge in [0.1, 0.15) is 5.75 Å². The Bertz CT molecular complexity index is 2140. The molecule has 0 unspecified atom stereocenters. The normalized spacial score (nSPS) is 11.8. The summed E-state index contributed by atoms with van der Waals surface area (Å²) >= 11 is 8.08. The van der Waals surface area contributed by atoms with Gasteiger partial charge in [0, 0.05) is 44.0 Å². The number of thiophene rings is 1. The van der Waals surface area contributed by atoms with Crippen LogP contribution in [0.2, 0.25) is 5.02 Å². The minimum Gasteiger partial charge on any atom is -0.478 e. The maximum Gasteiger partial charge on any atom is 0.345 e. The fraction of sp³-hybridized carbons (Fsp3) is 0.0714. The Labute approximate surface area is 283 Å². The molecule has 47 heavy (non-hydrogen) atoms. The van der Waals surface area contributed by atoms with Gasteiger partial charge in [-0.15, -0.1) is 11.3 Å². The van der Waals surface area contributed by atoms with Crippen LogP contribution in [0.3, 0.4) is 0 Å². The van der Waals surface area contributed by atoms with Crippen LogP contribution in [0.25, 0.3) is 43.5 Å². The van der Waals surface area contributed by atoms with E-state index < -0.39 is 12.1 Å². The smallest absolute Gasteiger partial charge is 0.345 e. The zero-order valence-electron chi connectivity index (χ0n) is 25.5. The molecule has 6 aromatic carbocycles. The quantitative estimate of drug-likeness (QED) is 0.160. The van der Waals surface area contributed by atoms with E-state index in [1.807, 2.05) is 78.1 Å². The van der Waals surface area contributed by atoms with Gasteiger partial charge in [-0.2, -0.15) is 0 Å². The number of carboxylic acid groups (broad SMARTS) is 1. The highest BCUT2D eigenvalue weighted by Crippen LogP contribution is 2.41. The standard InChI is InChI=1S/C42H31ClO3S/c43-34-22-19-31(20-23-34)36-27-33(21-24-37(36)46-38(42(44)45)25-28-9-3-1-4-10-28)30-15-17-32(18-16-30)41-35-13-7-8-14-39(35)47-40(41)26-29-11-5-2-6-12-29/h1-24,27,38H,25-26H2,(H,44,45)/t38-/m1/s1. The lowest BCUT2D eigenvalue weighted by Gasteiger charge is -2.19. The van der Waals surface area contributed by atoms with Gasteiger partial charge in [0.05, 0.1) is 0 Å². The van der Waals surface area contributed by atoms with Crippen molar-refractivity contribution in [2.45, 2.75) is 18.9 Å². The van der Waals surface area contributed by atoms with Crippen molar-refractivity contribution in [2.24, 2.45) is 0 Å². The monoisotopic (exact) mass is 650 g/mol. The van der Waals surface area contributed by atoms with Crippen molar-refractivity contribution in [1.29, 1.82) is 0 Å². The average Bonchev–Trinajstić information content (AvgIpc) is 3.47. The molecule has 0 fully saturated rings. The van der Waals surface area contributed by atoms with E-state index in [0.29, 0.717) is 10.8 Å². The second-order valence-electron chi connectivity index (χ2n) is 11.5. The zero-order chi connectivity index (χ0) is 32.2. The maximum atomic E-state index is 12.3. The Morgan fingerprint density at radius 3 is 1.96 bits per heavy atom. The first-order valence-corrected chi connectivity index (χ1v) is 16.7. The zero-order valence-corrected chi connectivity index (χ0v) is 27.0. The van der Waals surface area contributed by atoms with E-state index in [-0.39, 0.29) is 6.42 Å². The first-order valence-electron chi connectivity index (χ1n) is 15.5. The van der Waals surface area contributed by atoms with Gasteiger partial charge in [-0.05, 0) is 63.7 Å². The number of fused-ring (bicyclic) bond motifs is 1. The summed E-state index contributed by atoms with van der Waals surface area (Å²) in [5.41, 5.74) is 8.41. The van der Waals surface area contributed by atoms with Crippen molar-refractivity contribution in [2.75, 3.05) is 0 Å². The molecule has 0 radical (unpaired) electrons. The lowest BCUT2D eigenvalue weighted by Crippen LogP contribution is -2.29. The summed E-state index contributed by atoms with van der Waals surface area (Å²) in [7, 11) is 0. The number of benzene rings is 6. The molecule has 1 heterocycles. The topological polar surface area (TPSA) is 46.5 Å². The van der Waals surface area contributed by atoms with Crippen LogP contribution in [0.5, 0.6) is 5.75 Å². The molecule has 230 valence electrons. The molecule has 3 nitrogen and oxygen atoms in total. The van der Waals surface area contributed by atoms with Gasteiger partial charge in [-0.3, -0.25) is 0 Å². The number of carboxylic acids is 1. The summed E-state index contributed by atoms with van der Waals surface area (Å²) in [5, 5.41) is 12.0. The average molecular weight is 651 g/mol. The van der Waals surface area contributed by atoms with Gasteiger partial charge < -0.3 is 9.84 Å². The van der Waals surface area contributed by atoms with Gasteiger partial charge in [0.15, 0.2) is 6.10 Å². The predicted octanol–water partition coefficient (Wildman–Crippen LogP) is 11.2. The van der Waals surface area contributed by atoms with Crippen molar-refractivity contribution in [1.82, 2.24) is 0 Å². The molecule has 0 saturated carbocycles. The minimum atomic E-state index is -1.04. The predicted molar refractivity (Wildman–Crippen MR) is 195 cm³/mol. The van der Waals surface area contributed by atoms with E-state index in [4.69, 9.17) is 16.3 Å². The highest BCUT2D eigenvalue weighted by Gasteiger charge is 2.22. The van der Waals surface area contributed by atoms with Gasteiger partial charge in [-0.1, -0.05) is 133 Å². The van der Waals surface area contributed by atoms with E-state index in [2.05, 4.69) is 84.9 Å². The van der Waals surface area contributed by atoms with Crippen LogP contribution in [-0.2, 0) is 17.6 Å². The molecule has 0 aliphatic heterocycles. The van der Waals surface area contributed by atoms with Crippen molar-refractivity contribution < 1.29 is 14.6 Å². The lowest BCUT2D eigenvalue weighted by atomic mass is 9.95. The molecular formula is C42H31ClO3S. The molecule has 1 aromatic heterocycles. The van der Waals surface area contributed by atoms with Gasteiger partial charge in [0.2, 0.25) is 0 Å². The second kappa shape index (κ2) is 13.7. The molecule has 0 aliphatic carbocycles. The van der Waals surface area contributed by atoms with Crippen molar-refractivity contribution in [3.63, 3.8) is 0 Å². The Kier molecular flexibility index (Phi) is 8.87. The van der Waals surface area contributed by atoms with E-state index in [9.17, 15) is 9.90 Å². The summed E-state index contributed by atoms with van der Waals surface area (Å²) in [6.45, 7) is 0. The van der Waals surface area contributed by atoms with Gasteiger partial charge in [-0.25, -0.2) is 4.79 Å². The molecule has 7 aromatic rings. The molecule has 7 rings (SSSR count). The number of carbonyl (C=O) groups is 1. The van der Waals surface area contributed by atoms with E-state index in [0.717, 1.165) is 34.2 Å². The summed E-state index contributed by atoms with van der Waals surface area (Å²) in [6.07, 6.45) is 0.0902. The molecular weight excluding hydrogens is 620 g/mol. The number of aliphatic carboxylic acids is 1. The Morgan fingerprint density at radius 1 is 0.660 bits per heavy atom. The molecule has 5 heteroatoms. The van der Waals surface area contributed by atoms with Crippen LogP contribution in [0.15, 0.2) is 152 Å². The summed E-state index contributed by atoms with van der Waals surface area (Å²) < 4.78 is 7.51. The van der Waals surface area contributed by atoms with Crippen LogP contribution in [0, 0.1) is 0 Å². The first kappa shape index (κ1) is 30.5. The fourth-order valence-corrected chi connectivity index (χ4v) is 7.36. The molecule has 1 atom stereocenters. The summed E-state index contributed by atoms with van der Waals surface area (Å²) in [4.78, 5) is 13.6. The van der Waals surface area contributed by atoms with E-state index in [1.54, 1.807) is 0 Å². The third-order valence-electron chi connectivity index (χ3n) is 8.33. The third kappa shape index (κ3) is 6.85. The lowest BCUT2D eigenvalue weighted by molar-refractivity contribution is -0.145. The molecule has 0 bridgehead atoms. The number of rotatable bonds is 10. The van der Waals surface area contributed by atoms with Gasteiger partial charge in [0.25, 0.3) is 0 Å². The van der Waals surface area contributed by atoms with Crippen LogP contribution in [-0.4, -0.2) is 17.2 Å². The van der Waals surface area contributed by atoms with Crippen molar-refractivity contribution >= 4 is 39.0 Å². The van der Waals surface area contributed by atoms with E-state index in [1.165, 1.54) is 31.7 Å². The highest BCUT2D eigenvalue weighted by molar-refractivity contribution is 7.19. The van der Waals surface area contributed by atoms with Crippen LogP contribution < -0.4 is 4.74 Å². The Morgan fingerprint density at radius 2 is 1.26 bits per heavy atom. The van der Waals surface area contributed by atoms with Gasteiger partial charge >= 0.3 is 5.97 Å². The van der Waals surface area contributed by atoms with Crippen molar-refractivity contribution in [3.05, 3.63) is 173 Å². The fourth-order valence-electron chi connectivity index (χ4n) is 5.98. The third-order valence-corrected chi connectivity index (χ3v) is 9.75. The molecule has 0 spiro atoms. The first-order chi connectivity index (χ1) is 23.0. The summed E-state index contributed by atoms with van der Waals surface area (Å²) in [6, 6.07) is 50.9. The number of hydrogen-bond acceptors (Lipinski definition) is 3. The summed E-state index contributed by atoms with van der Waals surface area (Å²) in [5.74, 6) is -0.505. The van der Waals surface area contributed by atoms with E-state index >= 15 is 0 Å². The van der Waals surface area contributed by atoms with Crippen LogP contribution in [0.4, 0.5) is 0 Å².